The molecule has 0 aliphatic carbocycles. The number of carbonyl (C=O) groups excluding carboxylic acids is 2. The van der Waals surface area contributed by atoms with Crippen LogP contribution in [-0.4, -0.2) is 56.6 Å². The van der Waals surface area contributed by atoms with E-state index in [0.717, 1.165) is 18.7 Å². The molecular formula is C16H23ClN4O2. The maximum atomic E-state index is 12.1. The van der Waals surface area contributed by atoms with Crippen molar-refractivity contribution in [2.24, 2.45) is 0 Å². The molecule has 1 aromatic carbocycles. The summed E-state index contributed by atoms with van der Waals surface area (Å²) in [6.45, 7) is 2.02. The van der Waals surface area contributed by atoms with Gasteiger partial charge in [0.15, 0.2) is 0 Å². The Balaban J connectivity index is 1.78. The van der Waals surface area contributed by atoms with Crippen molar-refractivity contribution in [2.45, 2.75) is 18.9 Å². The van der Waals surface area contributed by atoms with Crippen molar-refractivity contribution in [3.8, 4) is 0 Å². The van der Waals surface area contributed by atoms with E-state index in [1.807, 2.05) is 26.2 Å². The van der Waals surface area contributed by atoms with E-state index < -0.39 is 0 Å². The smallest absolute Gasteiger partial charge is 0.315 e. The first-order chi connectivity index (χ1) is 11.0. The molecule has 126 valence electrons. The van der Waals surface area contributed by atoms with Gasteiger partial charge in [0.2, 0.25) is 5.91 Å². The van der Waals surface area contributed by atoms with Crippen LogP contribution in [0.2, 0.25) is 5.02 Å². The lowest BCUT2D eigenvalue weighted by atomic mass is 10.2. The van der Waals surface area contributed by atoms with Crippen LogP contribution in [0.5, 0.6) is 0 Å². The third-order valence-electron chi connectivity index (χ3n) is 3.67. The zero-order valence-electron chi connectivity index (χ0n) is 13.5. The molecule has 1 aliphatic heterocycles. The molecule has 0 saturated carbocycles. The minimum atomic E-state index is -0.223. The van der Waals surface area contributed by atoms with E-state index >= 15 is 0 Å². The van der Waals surface area contributed by atoms with E-state index in [4.69, 9.17) is 11.6 Å². The van der Waals surface area contributed by atoms with Crippen molar-refractivity contribution < 1.29 is 9.59 Å². The van der Waals surface area contributed by atoms with Gasteiger partial charge in [-0.05, 0) is 51.3 Å². The van der Waals surface area contributed by atoms with Gasteiger partial charge in [0, 0.05) is 30.2 Å². The van der Waals surface area contributed by atoms with Gasteiger partial charge in [0.1, 0.15) is 0 Å². The van der Waals surface area contributed by atoms with Crippen LogP contribution in [0.3, 0.4) is 0 Å². The number of hydrogen-bond acceptors (Lipinski definition) is 3. The Kier molecular flexibility index (Phi) is 6.24. The van der Waals surface area contributed by atoms with E-state index in [1.165, 1.54) is 0 Å². The van der Waals surface area contributed by atoms with Gasteiger partial charge in [0.25, 0.3) is 0 Å². The van der Waals surface area contributed by atoms with Crippen molar-refractivity contribution in [2.75, 3.05) is 38.6 Å². The molecule has 6 nitrogen and oxygen atoms in total. The first-order valence-electron chi connectivity index (χ1n) is 7.70. The molecular weight excluding hydrogens is 316 g/mol. The molecule has 1 saturated heterocycles. The summed E-state index contributed by atoms with van der Waals surface area (Å²) in [5.74, 6) is 0.00484. The summed E-state index contributed by atoms with van der Waals surface area (Å²) in [5, 5.41) is 6.31. The van der Waals surface area contributed by atoms with Crippen LogP contribution in [0.15, 0.2) is 24.3 Å². The molecule has 0 bridgehead atoms. The second-order valence-corrected chi connectivity index (χ2v) is 6.38. The van der Waals surface area contributed by atoms with Crippen molar-refractivity contribution in [1.29, 1.82) is 0 Å². The SMILES string of the molecule is CN(C)CCCNC(=O)NC1CC(=O)N(c2ccc(Cl)cc2)C1. The maximum Gasteiger partial charge on any atom is 0.315 e. The second-order valence-electron chi connectivity index (χ2n) is 5.94. The third-order valence-corrected chi connectivity index (χ3v) is 3.92. The summed E-state index contributed by atoms with van der Waals surface area (Å²) in [6.07, 6.45) is 1.20. The molecule has 2 N–H and O–H groups in total. The highest BCUT2D eigenvalue weighted by Crippen LogP contribution is 2.23. The molecule has 23 heavy (non-hydrogen) atoms. The molecule has 1 fully saturated rings. The summed E-state index contributed by atoms with van der Waals surface area (Å²) < 4.78 is 0. The van der Waals surface area contributed by atoms with Gasteiger partial charge in [-0.25, -0.2) is 4.79 Å². The molecule has 2 rings (SSSR count). The van der Waals surface area contributed by atoms with Gasteiger partial charge >= 0.3 is 6.03 Å². The number of hydrogen-bond donors (Lipinski definition) is 2. The van der Waals surface area contributed by atoms with Crippen molar-refractivity contribution in [3.05, 3.63) is 29.3 Å². The van der Waals surface area contributed by atoms with Crippen molar-refractivity contribution in [3.63, 3.8) is 0 Å². The van der Waals surface area contributed by atoms with Crippen LogP contribution in [0.1, 0.15) is 12.8 Å². The molecule has 1 heterocycles. The Hall–Kier alpha value is -1.79. The lowest BCUT2D eigenvalue weighted by Crippen LogP contribution is -2.43. The van der Waals surface area contributed by atoms with Crippen molar-refractivity contribution >= 4 is 29.2 Å². The van der Waals surface area contributed by atoms with E-state index in [-0.39, 0.29) is 18.0 Å². The minimum Gasteiger partial charge on any atom is -0.338 e. The van der Waals surface area contributed by atoms with Gasteiger partial charge < -0.3 is 20.4 Å². The molecule has 3 amide bonds. The molecule has 1 unspecified atom stereocenters. The third kappa shape index (κ3) is 5.41. The normalized spacial score (nSPS) is 17.7. The van der Waals surface area contributed by atoms with Gasteiger partial charge in [-0.2, -0.15) is 0 Å². The number of nitrogens with one attached hydrogen (secondary N) is 2. The van der Waals surface area contributed by atoms with E-state index in [1.54, 1.807) is 17.0 Å². The standard InChI is InChI=1S/C16H23ClN4O2/c1-20(2)9-3-8-18-16(23)19-13-10-15(22)21(11-13)14-6-4-12(17)5-7-14/h4-7,13H,3,8-11H2,1-2H3,(H2,18,19,23). The lowest BCUT2D eigenvalue weighted by molar-refractivity contribution is -0.117. The first-order valence-corrected chi connectivity index (χ1v) is 8.08. The van der Waals surface area contributed by atoms with Crippen LogP contribution in [-0.2, 0) is 4.79 Å². The van der Waals surface area contributed by atoms with Crippen LogP contribution < -0.4 is 15.5 Å². The lowest BCUT2D eigenvalue weighted by Gasteiger charge is -2.17. The molecule has 1 aromatic rings. The minimum absolute atomic E-state index is 0.00484. The number of rotatable bonds is 6. The summed E-state index contributed by atoms with van der Waals surface area (Å²) in [5.41, 5.74) is 0.801. The van der Waals surface area contributed by atoms with Crippen LogP contribution in [0.25, 0.3) is 0 Å². The highest BCUT2D eigenvalue weighted by atomic mass is 35.5. The van der Waals surface area contributed by atoms with E-state index in [9.17, 15) is 9.59 Å². The summed E-state index contributed by atoms with van der Waals surface area (Å²) in [4.78, 5) is 27.7. The summed E-state index contributed by atoms with van der Waals surface area (Å²) in [6, 6.07) is 6.73. The number of amides is 3. The average molecular weight is 339 g/mol. The number of benzene rings is 1. The number of halogens is 1. The van der Waals surface area contributed by atoms with Crippen LogP contribution >= 0.6 is 11.6 Å². The predicted molar refractivity (Wildman–Crippen MR) is 91.9 cm³/mol. The van der Waals surface area contributed by atoms with Gasteiger partial charge in [-0.15, -0.1) is 0 Å². The zero-order valence-corrected chi connectivity index (χ0v) is 14.3. The Labute approximate surface area is 141 Å². The average Bonchev–Trinajstić information content (AvgIpc) is 2.85. The van der Waals surface area contributed by atoms with E-state index in [2.05, 4.69) is 15.5 Å². The number of nitrogens with zero attached hydrogens (tertiary/aromatic N) is 2. The molecule has 0 spiro atoms. The highest BCUT2D eigenvalue weighted by Gasteiger charge is 2.31. The topological polar surface area (TPSA) is 64.7 Å². The van der Waals surface area contributed by atoms with Crippen molar-refractivity contribution in [1.82, 2.24) is 15.5 Å². The molecule has 1 atom stereocenters. The molecule has 0 radical (unpaired) electrons. The quantitative estimate of drug-likeness (QED) is 0.776. The highest BCUT2D eigenvalue weighted by molar-refractivity contribution is 6.30. The Morgan fingerprint density at radius 3 is 2.70 bits per heavy atom. The second kappa shape index (κ2) is 8.17. The first kappa shape index (κ1) is 17.6. The predicted octanol–water partition coefficient (Wildman–Crippen LogP) is 1.70. The fourth-order valence-corrected chi connectivity index (χ4v) is 2.63. The summed E-state index contributed by atoms with van der Waals surface area (Å²) >= 11 is 5.86. The number of urea groups is 1. The molecule has 0 aromatic heterocycles. The number of carbonyl (C=O) groups is 2. The number of anilines is 1. The van der Waals surface area contributed by atoms with Gasteiger partial charge in [-0.3, -0.25) is 4.79 Å². The Morgan fingerprint density at radius 1 is 1.35 bits per heavy atom. The maximum absolute atomic E-state index is 12.1. The van der Waals surface area contributed by atoms with Gasteiger partial charge in [-0.1, -0.05) is 11.6 Å². The fraction of sp³-hybridized carbons (Fsp3) is 0.500. The summed E-state index contributed by atoms with van der Waals surface area (Å²) in [7, 11) is 3.99. The fourth-order valence-electron chi connectivity index (χ4n) is 2.51. The van der Waals surface area contributed by atoms with Gasteiger partial charge in [0.05, 0.1) is 6.04 Å². The molecule has 7 heteroatoms. The Bertz CT molecular complexity index is 548. The monoisotopic (exact) mass is 338 g/mol. The zero-order chi connectivity index (χ0) is 16.8. The van der Waals surface area contributed by atoms with Crippen LogP contribution in [0, 0.1) is 0 Å². The molecule has 1 aliphatic rings. The Morgan fingerprint density at radius 2 is 2.04 bits per heavy atom. The largest absolute Gasteiger partial charge is 0.338 e. The van der Waals surface area contributed by atoms with Crippen LogP contribution in [0.4, 0.5) is 10.5 Å². The van der Waals surface area contributed by atoms with E-state index in [0.29, 0.717) is 24.5 Å².